The van der Waals surface area contributed by atoms with Crippen LogP contribution in [0, 0.1) is 10.1 Å². The number of nitro benzene ring substituents is 1. The number of carbonyl (C=O) groups is 2. The minimum Gasteiger partial charge on any atom is -0.455 e. The summed E-state index contributed by atoms with van der Waals surface area (Å²) in [5.74, 6) is -1.10. The molecule has 2 rings (SSSR count). The third kappa shape index (κ3) is 5.04. The highest BCUT2D eigenvalue weighted by Crippen LogP contribution is 2.26. The van der Waals surface area contributed by atoms with Gasteiger partial charge in [-0.1, -0.05) is 17.7 Å². The Labute approximate surface area is 140 Å². The zero-order valence-electron chi connectivity index (χ0n) is 11.7. The maximum atomic E-state index is 11.7. The molecule has 9 heteroatoms. The molecule has 120 valence electrons. The predicted molar refractivity (Wildman–Crippen MR) is 85.7 cm³/mol. The summed E-state index contributed by atoms with van der Waals surface area (Å²) in [6.07, 6.45) is 0.100. The molecule has 23 heavy (non-hydrogen) atoms. The van der Waals surface area contributed by atoms with Gasteiger partial charge in [0.05, 0.1) is 22.1 Å². The Morgan fingerprint density at radius 2 is 2.13 bits per heavy atom. The monoisotopic (exact) mass is 354 g/mol. The normalized spacial score (nSPS) is 10.1. The Hall–Kier alpha value is -2.45. The van der Waals surface area contributed by atoms with Crippen molar-refractivity contribution in [2.45, 2.75) is 6.42 Å². The molecule has 1 heterocycles. The van der Waals surface area contributed by atoms with Crippen LogP contribution < -0.4 is 5.32 Å². The molecule has 0 bridgehead atoms. The number of carbonyl (C=O) groups excluding carboxylic acids is 2. The van der Waals surface area contributed by atoms with Gasteiger partial charge in [0.25, 0.3) is 11.6 Å². The maximum absolute atomic E-state index is 11.7. The smallest absolute Gasteiger partial charge is 0.311 e. The van der Waals surface area contributed by atoms with Gasteiger partial charge in [0.1, 0.15) is 0 Å². The second-order valence-electron chi connectivity index (χ2n) is 4.39. The van der Waals surface area contributed by atoms with Crippen molar-refractivity contribution in [3.8, 4) is 0 Å². The van der Waals surface area contributed by atoms with Crippen molar-refractivity contribution in [1.29, 1.82) is 0 Å². The average Bonchev–Trinajstić information content (AvgIpc) is 3.00. The molecule has 1 N–H and O–H groups in total. The van der Waals surface area contributed by atoms with E-state index in [2.05, 4.69) is 5.32 Å². The van der Waals surface area contributed by atoms with E-state index in [-0.39, 0.29) is 22.8 Å². The van der Waals surface area contributed by atoms with Crippen LogP contribution >= 0.6 is 22.9 Å². The van der Waals surface area contributed by atoms with Gasteiger partial charge in [-0.15, -0.1) is 11.3 Å². The van der Waals surface area contributed by atoms with Gasteiger partial charge in [-0.2, -0.15) is 0 Å². The summed E-state index contributed by atoms with van der Waals surface area (Å²) in [6, 6.07) is 7.26. The maximum Gasteiger partial charge on any atom is 0.311 e. The number of nitrogens with one attached hydrogen (secondary N) is 1. The van der Waals surface area contributed by atoms with Gasteiger partial charge in [0.2, 0.25) is 0 Å². The number of ether oxygens (including phenoxy) is 1. The first-order valence-corrected chi connectivity index (χ1v) is 7.63. The largest absolute Gasteiger partial charge is 0.455 e. The Morgan fingerprint density at radius 3 is 2.74 bits per heavy atom. The number of hydrogen-bond donors (Lipinski definition) is 1. The second kappa shape index (κ2) is 7.70. The molecular weight excluding hydrogens is 344 g/mol. The molecule has 0 saturated heterocycles. The molecule has 1 amide bonds. The molecule has 0 spiro atoms. The first-order chi connectivity index (χ1) is 11.0. The summed E-state index contributed by atoms with van der Waals surface area (Å²) in [5, 5.41) is 14.9. The summed E-state index contributed by atoms with van der Waals surface area (Å²) in [5.41, 5.74) is 0.0203. The molecule has 0 aliphatic heterocycles. The van der Waals surface area contributed by atoms with Gasteiger partial charge >= 0.3 is 5.97 Å². The van der Waals surface area contributed by atoms with E-state index >= 15 is 0 Å². The summed E-state index contributed by atoms with van der Waals surface area (Å²) in [6.45, 7) is -0.461. The molecule has 1 aromatic heterocycles. The number of halogens is 1. The van der Waals surface area contributed by atoms with Crippen LogP contribution in [0.5, 0.6) is 0 Å². The number of anilines is 1. The van der Waals surface area contributed by atoms with Crippen LogP contribution in [-0.4, -0.2) is 23.4 Å². The van der Waals surface area contributed by atoms with Crippen LogP contribution in [0.15, 0.2) is 35.7 Å². The standard InChI is InChI=1S/C14H11ClN2O5S/c15-11-6-9(17(20)21)3-4-12(11)16-13(18)8-22-14(19)7-10-2-1-5-23-10/h1-6H,7-8H2,(H,16,18). The van der Waals surface area contributed by atoms with Crippen LogP contribution in [-0.2, 0) is 20.7 Å². The SMILES string of the molecule is O=C(COC(=O)Cc1cccs1)Nc1ccc([N+](=O)[O-])cc1Cl. The van der Waals surface area contributed by atoms with Crippen LogP contribution in [0.25, 0.3) is 0 Å². The minimum absolute atomic E-state index is 0.0254. The van der Waals surface area contributed by atoms with Crippen molar-refractivity contribution >= 4 is 46.2 Å². The van der Waals surface area contributed by atoms with Gasteiger partial charge < -0.3 is 10.1 Å². The third-order valence-corrected chi connectivity index (χ3v) is 3.89. The molecule has 0 fully saturated rings. The van der Waals surface area contributed by atoms with Crippen molar-refractivity contribution in [3.63, 3.8) is 0 Å². The van der Waals surface area contributed by atoms with Crippen LogP contribution in [0.2, 0.25) is 5.02 Å². The molecule has 0 unspecified atom stereocenters. The number of hydrogen-bond acceptors (Lipinski definition) is 6. The summed E-state index contributed by atoms with van der Waals surface area (Å²) < 4.78 is 4.86. The summed E-state index contributed by atoms with van der Waals surface area (Å²) >= 11 is 7.27. The highest BCUT2D eigenvalue weighted by atomic mass is 35.5. The van der Waals surface area contributed by atoms with Crippen LogP contribution in [0.4, 0.5) is 11.4 Å². The van der Waals surface area contributed by atoms with Gasteiger partial charge in [-0.3, -0.25) is 19.7 Å². The second-order valence-corrected chi connectivity index (χ2v) is 5.83. The number of thiophene rings is 1. The number of nitrogens with zero attached hydrogens (tertiary/aromatic N) is 1. The van der Waals surface area contributed by atoms with E-state index in [4.69, 9.17) is 16.3 Å². The van der Waals surface area contributed by atoms with Crippen molar-refractivity contribution < 1.29 is 19.2 Å². The molecule has 0 aliphatic carbocycles. The van der Waals surface area contributed by atoms with Gasteiger partial charge in [0, 0.05) is 17.0 Å². The minimum atomic E-state index is -0.593. The fraction of sp³-hybridized carbons (Fsp3) is 0.143. The van der Waals surface area contributed by atoms with E-state index in [1.807, 2.05) is 11.4 Å². The first kappa shape index (κ1) is 16.9. The van der Waals surface area contributed by atoms with E-state index in [0.717, 1.165) is 10.9 Å². The summed E-state index contributed by atoms with van der Waals surface area (Å²) in [7, 11) is 0. The lowest BCUT2D eigenvalue weighted by Gasteiger charge is -2.07. The predicted octanol–water partition coefficient (Wildman–Crippen LogP) is 3.03. The quantitative estimate of drug-likeness (QED) is 0.488. The lowest BCUT2D eigenvalue weighted by Crippen LogP contribution is -2.21. The van der Waals surface area contributed by atoms with Crippen molar-refractivity contribution in [2.24, 2.45) is 0 Å². The van der Waals surface area contributed by atoms with E-state index in [1.165, 1.54) is 23.5 Å². The molecular formula is C14H11ClN2O5S. The lowest BCUT2D eigenvalue weighted by molar-refractivity contribution is -0.384. The topological polar surface area (TPSA) is 98.5 Å². The highest BCUT2D eigenvalue weighted by Gasteiger charge is 2.13. The Morgan fingerprint density at radius 1 is 1.35 bits per heavy atom. The molecule has 0 saturated carbocycles. The van der Waals surface area contributed by atoms with Crippen molar-refractivity contribution in [1.82, 2.24) is 0 Å². The van der Waals surface area contributed by atoms with Gasteiger partial charge in [-0.05, 0) is 17.5 Å². The van der Waals surface area contributed by atoms with Gasteiger partial charge in [-0.25, -0.2) is 0 Å². The highest BCUT2D eigenvalue weighted by molar-refractivity contribution is 7.10. The average molecular weight is 355 g/mol. The molecule has 2 aromatic rings. The lowest BCUT2D eigenvalue weighted by atomic mass is 10.3. The number of esters is 1. The van der Waals surface area contributed by atoms with Gasteiger partial charge in [0.15, 0.2) is 6.61 Å². The molecule has 0 radical (unpaired) electrons. The molecule has 0 aliphatic rings. The Balaban J connectivity index is 1.85. The number of benzene rings is 1. The zero-order valence-corrected chi connectivity index (χ0v) is 13.2. The van der Waals surface area contributed by atoms with Crippen molar-refractivity contribution in [3.05, 3.63) is 55.7 Å². The van der Waals surface area contributed by atoms with Crippen LogP contribution in [0.3, 0.4) is 0 Å². The van der Waals surface area contributed by atoms with E-state index < -0.39 is 23.4 Å². The van der Waals surface area contributed by atoms with E-state index in [9.17, 15) is 19.7 Å². The first-order valence-electron chi connectivity index (χ1n) is 6.37. The number of amides is 1. The molecule has 7 nitrogen and oxygen atoms in total. The van der Waals surface area contributed by atoms with Crippen LogP contribution in [0.1, 0.15) is 4.88 Å². The fourth-order valence-corrected chi connectivity index (χ4v) is 2.57. The molecule has 0 atom stereocenters. The Kier molecular flexibility index (Phi) is 5.67. The van der Waals surface area contributed by atoms with E-state index in [1.54, 1.807) is 6.07 Å². The molecule has 1 aromatic carbocycles. The number of rotatable bonds is 6. The van der Waals surface area contributed by atoms with E-state index in [0.29, 0.717) is 0 Å². The zero-order chi connectivity index (χ0) is 16.8. The number of nitro groups is 1. The summed E-state index contributed by atoms with van der Waals surface area (Å²) in [4.78, 5) is 34.1. The fourth-order valence-electron chi connectivity index (χ4n) is 1.66. The Bertz CT molecular complexity index is 733. The number of non-ortho nitro benzene ring substituents is 1. The third-order valence-electron chi connectivity index (χ3n) is 2.70. The van der Waals surface area contributed by atoms with Crippen molar-refractivity contribution in [2.75, 3.05) is 11.9 Å².